The number of amides is 1. The third kappa shape index (κ3) is 4.01. The second-order valence-corrected chi connectivity index (χ2v) is 6.08. The Labute approximate surface area is 160 Å². The van der Waals surface area contributed by atoms with Gasteiger partial charge in [-0.3, -0.25) is 23.5 Å². The Balaban J connectivity index is 1.59. The van der Waals surface area contributed by atoms with E-state index in [0.29, 0.717) is 16.5 Å². The van der Waals surface area contributed by atoms with E-state index in [9.17, 15) is 19.2 Å². The minimum absolute atomic E-state index is 0.0747. The van der Waals surface area contributed by atoms with Gasteiger partial charge in [-0.25, -0.2) is 4.79 Å². The van der Waals surface area contributed by atoms with Crippen molar-refractivity contribution < 1.29 is 14.3 Å². The molecule has 8 heteroatoms. The number of hydrogen-bond acceptors (Lipinski definition) is 5. The molecule has 1 amide bonds. The summed E-state index contributed by atoms with van der Waals surface area (Å²) in [6.45, 7) is -0.541. The second-order valence-electron chi connectivity index (χ2n) is 6.08. The van der Waals surface area contributed by atoms with Crippen molar-refractivity contribution in [3.8, 4) is 0 Å². The summed E-state index contributed by atoms with van der Waals surface area (Å²) in [6, 6.07) is 15.3. The highest BCUT2D eigenvalue weighted by Crippen LogP contribution is 2.05. The van der Waals surface area contributed by atoms with E-state index in [1.807, 2.05) is 0 Å². The van der Waals surface area contributed by atoms with E-state index < -0.39 is 23.1 Å². The highest BCUT2D eigenvalue weighted by molar-refractivity contribution is 5.95. The standard InChI is InChI=1S/C20H19N3O5/c1-22-16-10-6-5-9-15(16)19(26)23(20(22)27)11-12-28-17(24)13-21-18(25)14-7-3-2-4-8-14/h2-10H,11-13H2,1H3,(H,21,25). The fraction of sp³-hybridized carbons (Fsp3) is 0.200. The van der Waals surface area contributed by atoms with E-state index in [4.69, 9.17) is 4.74 Å². The molecule has 1 aromatic heterocycles. The van der Waals surface area contributed by atoms with Gasteiger partial charge in [0.2, 0.25) is 0 Å². The number of nitrogens with one attached hydrogen (secondary N) is 1. The van der Waals surface area contributed by atoms with Crippen LogP contribution in [0.2, 0.25) is 0 Å². The highest BCUT2D eigenvalue weighted by atomic mass is 16.5. The van der Waals surface area contributed by atoms with Crippen molar-refractivity contribution in [3.05, 3.63) is 81.0 Å². The number of para-hydroxylation sites is 1. The first-order valence-electron chi connectivity index (χ1n) is 8.66. The molecule has 3 aromatic rings. The summed E-state index contributed by atoms with van der Waals surface area (Å²) in [7, 11) is 1.58. The molecule has 0 aliphatic heterocycles. The molecule has 0 bridgehead atoms. The number of fused-ring (bicyclic) bond motifs is 1. The predicted octanol–water partition coefficient (Wildman–Crippen LogP) is 0.673. The number of carbonyl (C=O) groups excluding carboxylic acids is 2. The Morgan fingerprint density at radius 2 is 1.68 bits per heavy atom. The Hall–Kier alpha value is -3.68. The quantitative estimate of drug-likeness (QED) is 0.633. The molecule has 1 N–H and O–H groups in total. The number of aromatic nitrogens is 2. The zero-order chi connectivity index (χ0) is 20.1. The first-order chi connectivity index (χ1) is 13.5. The van der Waals surface area contributed by atoms with Crippen LogP contribution in [0.15, 0.2) is 64.2 Å². The van der Waals surface area contributed by atoms with Crippen LogP contribution >= 0.6 is 0 Å². The summed E-state index contributed by atoms with van der Waals surface area (Å²) < 4.78 is 7.43. The minimum Gasteiger partial charge on any atom is -0.462 e. The highest BCUT2D eigenvalue weighted by Gasteiger charge is 2.12. The smallest absolute Gasteiger partial charge is 0.331 e. The fourth-order valence-electron chi connectivity index (χ4n) is 2.81. The van der Waals surface area contributed by atoms with Crippen molar-refractivity contribution in [2.75, 3.05) is 13.2 Å². The Kier molecular flexibility index (Phi) is 5.69. The van der Waals surface area contributed by atoms with Crippen molar-refractivity contribution in [3.63, 3.8) is 0 Å². The molecule has 0 fully saturated rings. The summed E-state index contributed by atoms with van der Waals surface area (Å²) in [6.07, 6.45) is 0. The normalized spacial score (nSPS) is 10.6. The Bertz CT molecular complexity index is 1130. The Morgan fingerprint density at radius 1 is 1.00 bits per heavy atom. The molecule has 28 heavy (non-hydrogen) atoms. The van der Waals surface area contributed by atoms with E-state index in [1.165, 1.54) is 4.57 Å². The average molecular weight is 381 g/mol. The van der Waals surface area contributed by atoms with Crippen LogP contribution in [-0.2, 0) is 23.1 Å². The van der Waals surface area contributed by atoms with E-state index in [0.717, 1.165) is 4.57 Å². The predicted molar refractivity (Wildman–Crippen MR) is 103 cm³/mol. The van der Waals surface area contributed by atoms with Gasteiger partial charge in [0.25, 0.3) is 11.5 Å². The molecule has 2 aromatic carbocycles. The number of aryl methyl sites for hydroxylation is 1. The van der Waals surface area contributed by atoms with E-state index in [2.05, 4.69) is 5.32 Å². The second kappa shape index (κ2) is 8.34. The monoisotopic (exact) mass is 381 g/mol. The van der Waals surface area contributed by atoms with Crippen LogP contribution in [0.25, 0.3) is 10.9 Å². The lowest BCUT2D eigenvalue weighted by atomic mass is 10.2. The molecule has 144 valence electrons. The summed E-state index contributed by atoms with van der Waals surface area (Å²) >= 11 is 0. The first kappa shape index (κ1) is 19.1. The number of rotatable bonds is 6. The van der Waals surface area contributed by atoms with Crippen molar-refractivity contribution in [2.24, 2.45) is 7.05 Å². The molecule has 0 aliphatic carbocycles. The molecule has 0 saturated carbocycles. The minimum atomic E-state index is -0.657. The summed E-state index contributed by atoms with van der Waals surface area (Å²) in [5, 5.41) is 2.86. The lowest BCUT2D eigenvalue weighted by molar-refractivity contribution is -0.142. The molecule has 0 radical (unpaired) electrons. The lowest BCUT2D eigenvalue weighted by Crippen LogP contribution is -2.40. The third-order valence-corrected chi connectivity index (χ3v) is 4.27. The van der Waals surface area contributed by atoms with E-state index >= 15 is 0 Å². The van der Waals surface area contributed by atoms with E-state index in [-0.39, 0.29) is 19.7 Å². The number of carbonyl (C=O) groups is 2. The number of ether oxygens (including phenoxy) is 1. The van der Waals surface area contributed by atoms with Crippen molar-refractivity contribution in [1.82, 2.24) is 14.5 Å². The van der Waals surface area contributed by atoms with Gasteiger partial charge in [-0.1, -0.05) is 30.3 Å². The summed E-state index contributed by atoms with van der Waals surface area (Å²) in [4.78, 5) is 48.6. The lowest BCUT2D eigenvalue weighted by Gasteiger charge is -2.11. The molecular formula is C20H19N3O5. The van der Waals surface area contributed by atoms with Crippen LogP contribution in [0.3, 0.4) is 0 Å². The van der Waals surface area contributed by atoms with Crippen LogP contribution < -0.4 is 16.6 Å². The van der Waals surface area contributed by atoms with Crippen LogP contribution in [0.4, 0.5) is 0 Å². The zero-order valence-electron chi connectivity index (χ0n) is 15.3. The van der Waals surface area contributed by atoms with Gasteiger partial charge in [0, 0.05) is 12.6 Å². The molecule has 0 unspecified atom stereocenters. The van der Waals surface area contributed by atoms with Gasteiger partial charge < -0.3 is 10.1 Å². The van der Waals surface area contributed by atoms with Gasteiger partial charge in [0.1, 0.15) is 13.2 Å². The van der Waals surface area contributed by atoms with Crippen LogP contribution in [0, 0.1) is 0 Å². The molecule has 0 aliphatic rings. The maximum absolute atomic E-state index is 12.5. The summed E-state index contributed by atoms with van der Waals surface area (Å²) in [5.41, 5.74) is 0.0418. The maximum Gasteiger partial charge on any atom is 0.331 e. The molecule has 0 atom stereocenters. The number of hydrogen-bond donors (Lipinski definition) is 1. The van der Waals surface area contributed by atoms with Crippen molar-refractivity contribution >= 4 is 22.8 Å². The number of nitrogens with zero attached hydrogens (tertiary/aromatic N) is 2. The van der Waals surface area contributed by atoms with E-state index in [1.54, 1.807) is 61.6 Å². The van der Waals surface area contributed by atoms with Gasteiger partial charge in [0.15, 0.2) is 0 Å². The van der Waals surface area contributed by atoms with Gasteiger partial charge in [-0.15, -0.1) is 0 Å². The van der Waals surface area contributed by atoms with Gasteiger partial charge >= 0.3 is 11.7 Å². The van der Waals surface area contributed by atoms with Gasteiger partial charge in [0.05, 0.1) is 17.4 Å². The molecule has 0 spiro atoms. The third-order valence-electron chi connectivity index (χ3n) is 4.27. The molecule has 8 nitrogen and oxygen atoms in total. The zero-order valence-corrected chi connectivity index (χ0v) is 15.3. The van der Waals surface area contributed by atoms with Crippen LogP contribution in [0.1, 0.15) is 10.4 Å². The van der Waals surface area contributed by atoms with Crippen molar-refractivity contribution in [2.45, 2.75) is 6.54 Å². The van der Waals surface area contributed by atoms with Gasteiger partial charge in [-0.2, -0.15) is 0 Å². The molecule has 1 heterocycles. The fourth-order valence-corrected chi connectivity index (χ4v) is 2.81. The SMILES string of the molecule is Cn1c(=O)n(CCOC(=O)CNC(=O)c2ccccc2)c(=O)c2ccccc21. The van der Waals surface area contributed by atoms with Crippen LogP contribution in [-0.4, -0.2) is 34.2 Å². The largest absolute Gasteiger partial charge is 0.462 e. The molecule has 0 saturated heterocycles. The first-order valence-corrected chi connectivity index (χ1v) is 8.66. The average Bonchev–Trinajstić information content (AvgIpc) is 2.73. The number of benzene rings is 2. The molecule has 3 rings (SSSR count). The maximum atomic E-state index is 12.5. The van der Waals surface area contributed by atoms with Crippen molar-refractivity contribution in [1.29, 1.82) is 0 Å². The van der Waals surface area contributed by atoms with Crippen LogP contribution in [0.5, 0.6) is 0 Å². The van der Waals surface area contributed by atoms with Gasteiger partial charge in [-0.05, 0) is 24.3 Å². The summed E-state index contributed by atoms with van der Waals surface area (Å²) in [5.74, 6) is -1.05. The number of esters is 1. The molecular weight excluding hydrogens is 362 g/mol. The topological polar surface area (TPSA) is 99.4 Å². The Morgan fingerprint density at radius 3 is 2.43 bits per heavy atom.